The lowest BCUT2D eigenvalue weighted by Gasteiger charge is -2.31. The summed E-state index contributed by atoms with van der Waals surface area (Å²) in [6.07, 6.45) is 2.69. The van der Waals surface area contributed by atoms with E-state index in [1.54, 1.807) is 12.1 Å². The van der Waals surface area contributed by atoms with Gasteiger partial charge >= 0.3 is 0 Å². The van der Waals surface area contributed by atoms with Crippen LogP contribution in [0.15, 0.2) is 42.5 Å². The van der Waals surface area contributed by atoms with Crippen LogP contribution >= 0.6 is 0 Å². The van der Waals surface area contributed by atoms with Gasteiger partial charge in [-0.1, -0.05) is 32.0 Å². The molecule has 0 saturated carbocycles. The van der Waals surface area contributed by atoms with Gasteiger partial charge in [0, 0.05) is 26.1 Å². The van der Waals surface area contributed by atoms with E-state index >= 15 is 0 Å². The second-order valence-electron chi connectivity index (χ2n) is 9.15. The van der Waals surface area contributed by atoms with Crippen molar-refractivity contribution >= 4 is 27.5 Å². The van der Waals surface area contributed by atoms with Crippen LogP contribution in [0, 0.1) is 19.7 Å². The van der Waals surface area contributed by atoms with Gasteiger partial charge in [-0.25, -0.2) is 12.8 Å². The van der Waals surface area contributed by atoms with Crippen molar-refractivity contribution in [1.29, 1.82) is 0 Å². The molecule has 0 radical (unpaired) electrons. The van der Waals surface area contributed by atoms with Crippen molar-refractivity contribution in [3.8, 4) is 0 Å². The minimum atomic E-state index is -3.56. The molecular formula is C27H38FN3O4S. The highest BCUT2D eigenvalue weighted by Crippen LogP contribution is 2.22. The Bertz CT molecular complexity index is 1120. The van der Waals surface area contributed by atoms with Crippen LogP contribution in [-0.2, 0) is 26.2 Å². The highest BCUT2D eigenvalue weighted by atomic mass is 32.2. The van der Waals surface area contributed by atoms with Gasteiger partial charge in [0.25, 0.3) is 0 Å². The van der Waals surface area contributed by atoms with E-state index in [-0.39, 0.29) is 43.6 Å². The van der Waals surface area contributed by atoms with Crippen LogP contribution in [0.25, 0.3) is 0 Å². The van der Waals surface area contributed by atoms with E-state index in [1.165, 1.54) is 21.3 Å². The molecule has 36 heavy (non-hydrogen) atoms. The Kier molecular flexibility index (Phi) is 10.9. The van der Waals surface area contributed by atoms with E-state index in [0.717, 1.165) is 23.8 Å². The summed E-state index contributed by atoms with van der Waals surface area (Å²) in [4.78, 5) is 27.7. The van der Waals surface area contributed by atoms with Crippen molar-refractivity contribution in [1.82, 2.24) is 10.2 Å². The molecule has 0 unspecified atom stereocenters. The van der Waals surface area contributed by atoms with E-state index in [9.17, 15) is 22.4 Å². The Balaban J connectivity index is 2.22. The van der Waals surface area contributed by atoms with Crippen molar-refractivity contribution < 1.29 is 22.4 Å². The molecule has 0 fully saturated rings. The fraction of sp³-hybridized carbons (Fsp3) is 0.481. The summed E-state index contributed by atoms with van der Waals surface area (Å²) in [5, 5.41) is 2.86. The lowest BCUT2D eigenvalue weighted by Crippen LogP contribution is -2.49. The van der Waals surface area contributed by atoms with Crippen molar-refractivity contribution in [2.75, 3.05) is 23.7 Å². The summed E-state index contributed by atoms with van der Waals surface area (Å²) in [5.41, 5.74) is 3.17. The van der Waals surface area contributed by atoms with Gasteiger partial charge in [-0.15, -0.1) is 0 Å². The molecule has 2 rings (SSSR count). The van der Waals surface area contributed by atoms with Gasteiger partial charge in [0.15, 0.2) is 0 Å². The second-order valence-corrected chi connectivity index (χ2v) is 11.1. The maximum Gasteiger partial charge on any atom is 0.242 e. The zero-order valence-corrected chi connectivity index (χ0v) is 22.7. The summed E-state index contributed by atoms with van der Waals surface area (Å²) in [6.45, 7) is 8.40. The molecule has 0 heterocycles. The van der Waals surface area contributed by atoms with Crippen LogP contribution in [0.1, 0.15) is 56.2 Å². The SMILES string of the molecule is CCCNC(=O)[C@H](CC)N(Cc1ccc(F)cc1)C(=O)CCCN(c1cc(C)cc(C)c1)S(C)(=O)=O. The standard InChI is InChI=1S/C27H38FN3O4S/c1-6-14-29-27(33)25(7-2)30(19-22-10-12-23(28)13-11-22)26(32)9-8-15-31(36(5,34)35)24-17-20(3)16-21(4)18-24/h10-13,16-18,25H,6-9,14-15,19H2,1-5H3,(H,29,33)/t25-/m0/s1. The van der Waals surface area contributed by atoms with Gasteiger partial charge in [-0.2, -0.15) is 0 Å². The molecule has 2 aromatic rings. The Labute approximate surface area is 214 Å². The van der Waals surface area contributed by atoms with E-state index in [2.05, 4.69) is 5.32 Å². The molecule has 9 heteroatoms. The number of sulfonamides is 1. The van der Waals surface area contributed by atoms with Crippen LogP contribution in [0.3, 0.4) is 0 Å². The molecule has 1 atom stereocenters. The summed E-state index contributed by atoms with van der Waals surface area (Å²) >= 11 is 0. The monoisotopic (exact) mass is 519 g/mol. The molecule has 0 bridgehead atoms. The molecule has 0 saturated heterocycles. The Hall–Kier alpha value is -2.94. The largest absolute Gasteiger partial charge is 0.354 e. The van der Waals surface area contributed by atoms with Crippen molar-refractivity contribution in [2.24, 2.45) is 0 Å². The number of aryl methyl sites for hydroxylation is 2. The number of halogens is 1. The molecule has 0 aliphatic carbocycles. The van der Waals surface area contributed by atoms with E-state index < -0.39 is 16.1 Å². The number of amides is 2. The van der Waals surface area contributed by atoms with Crippen molar-refractivity contribution in [2.45, 2.75) is 66.0 Å². The lowest BCUT2D eigenvalue weighted by molar-refractivity contribution is -0.141. The molecule has 0 aliphatic heterocycles. The average molecular weight is 520 g/mol. The first-order valence-corrected chi connectivity index (χ1v) is 14.2. The van der Waals surface area contributed by atoms with Crippen LogP contribution in [-0.4, -0.2) is 50.5 Å². The van der Waals surface area contributed by atoms with Crippen LogP contribution in [0.5, 0.6) is 0 Å². The van der Waals surface area contributed by atoms with E-state index in [0.29, 0.717) is 24.2 Å². The molecular weight excluding hydrogens is 481 g/mol. The maximum atomic E-state index is 13.4. The van der Waals surface area contributed by atoms with Gasteiger partial charge in [0.2, 0.25) is 21.8 Å². The zero-order chi connectivity index (χ0) is 26.9. The first-order chi connectivity index (χ1) is 17.0. The first kappa shape index (κ1) is 29.3. The van der Waals surface area contributed by atoms with Crippen LogP contribution in [0.2, 0.25) is 0 Å². The maximum absolute atomic E-state index is 13.4. The zero-order valence-electron chi connectivity index (χ0n) is 21.9. The van der Waals surface area contributed by atoms with Crippen molar-refractivity contribution in [3.63, 3.8) is 0 Å². The number of hydrogen-bond donors (Lipinski definition) is 1. The summed E-state index contributed by atoms with van der Waals surface area (Å²) < 4.78 is 39.8. The summed E-state index contributed by atoms with van der Waals surface area (Å²) in [6, 6.07) is 10.7. The van der Waals surface area contributed by atoms with E-state index in [4.69, 9.17) is 0 Å². The fourth-order valence-corrected chi connectivity index (χ4v) is 5.12. The number of nitrogens with zero attached hydrogens (tertiary/aromatic N) is 2. The molecule has 1 N–H and O–H groups in total. The number of carbonyl (C=O) groups excluding carboxylic acids is 2. The number of hydrogen-bond acceptors (Lipinski definition) is 4. The van der Waals surface area contributed by atoms with Gasteiger partial charge in [0.1, 0.15) is 11.9 Å². The smallest absolute Gasteiger partial charge is 0.242 e. The molecule has 2 amide bonds. The second kappa shape index (κ2) is 13.4. The van der Waals surface area contributed by atoms with Crippen LogP contribution < -0.4 is 9.62 Å². The third-order valence-corrected chi connectivity index (χ3v) is 7.04. The highest BCUT2D eigenvalue weighted by Gasteiger charge is 2.28. The number of anilines is 1. The molecule has 0 aliphatic rings. The quantitative estimate of drug-likeness (QED) is 0.427. The van der Waals surface area contributed by atoms with Gasteiger partial charge in [-0.3, -0.25) is 13.9 Å². The molecule has 7 nitrogen and oxygen atoms in total. The van der Waals surface area contributed by atoms with Gasteiger partial charge in [0.05, 0.1) is 11.9 Å². The summed E-state index contributed by atoms with van der Waals surface area (Å²) in [7, 11) is -3.56. The predicted octanol–water partition coefficient (Wildman–Crippen LogP) is 4.32. The number of benzene rings is 2. The van der Waals surface area contributed by atoms with Gasteiger partial charge in [-0.05, 0) is 74.1 Å². The average Bonchev–Trinajstić information content (AvgIpc) is 2.79. The highest BCUT2D eigenvalue weighted by molar-refractivity contribution is 7.92. The Morgan fingerprint density at radius 3 is 2.17 bits per heavy atom. The minimum absolute atomic E-state index is 0.0650. The molecule has 0 spiro atoms. The number of rotatable bonds is 13. The Morgan fingerprint density at radius 2 is 1.64 bits per heavy atom. The minimum Gasteiger partial charge on any atom is -0.354 e. The Morgan fingerprint density at radius 1 is 1.03 bits per heavy atom. The normalized spacial score (nSPS) is 12.2. The fourth-order valence-electron chi connectivity index (χ4n) is 4.17. The predicted molar refractivity (Wildman–Crippen MR) is 142 cm³/mol. The number of nitrogens with one attached hydrogen (secondary N) is 1. The third-order valence-electron chi connectivity index (χ3n) is 5.85. The topological polar surface area (TPSA) is 86.8 Å². The summed E-state index contributed by atoms with van der Waals surface area (Å²) in [5.74, 6) is -0.869. The molecule has 198 valence electrons. The third kappa shape index (κ3) is 8.62. The van der Waals surface area contributed by atoms with E-state index in [1.807, 2.05) is 45.9 Å². The van der Waals surface area contributed by atoms with Gasteiger partial charge < -0.3 is 10.2 Å². The molecule has 2 aromatic carbocycles. The molecule has 0 aromatic heterocycles. The lowest BCUT2D eigenvalue weighted by atomic mass is 10.1. The van der Waals surface area contributed by atoms with Crippen LogP contribution in [0.4, 0.5) is 10.1 Å². The number of carbonyl (C=O) groups is 2. The first-order valence-electron chi connectivity index (χ1n) is 12.3. The van der Waals surface area contributed by atoms with Crippen molar-refractivity contribution in [3.05, 3.63) is 65.0 Å².